The van der Waals surface area contributed by atoms with E-state index in [2.05, 4.69) is 9.97 Å². The van der Waals surface area contributed by atoms with Gasteiger partial charge < -0.3 is 10.8 Å². The fraction of sp³-hybridized carbons (Fsp3) is 0.158. The van der Waals surface area contributed by atoms with Crippen LogP contribution in [-0.2, 0) is 12.8 Å². The molecule has 7 heteroatoms. The highest BCUT2D eigenvalue weighted by Gasteiger charge is 2.31. The number of benzene rings is 2. The van der Waals surface area contributed by atoms with Crippen LogP contribution in [0, 0.1) is 6.92 Å². The predicted octanol–water partition coefficient (Wildman–Crippen LogP) is 4.21. The molecule has 0 saturated carbocycles. The van der Waals surface area contributed by atoms with E-state index >= 15 is 0 Å². The van der Waals surface area contributed by atoms with Crippen molar-refractivity contribution in [2.24, 2.45) is 0 Å². The van der Waals surface area contributed by atoms with Gasteiger partial charge in [0, 0.05) is 11.1 Å². The normalized spacial score (nSPS) is 11.6. The van der Waals surface area contributed by atoms with Crippen LogP contribution >= 0.6 is 0 Å². The number of nitrogens with two attached hydrogens (primary N) is 1. The summed E-state index contributed by atoms with van der Waals surface area (Å²) in [4.78, 5) is 8.34. The van der Waals surface area contributed by atoms with Gasteiger partial charge in [0.15, 0.2) is 0 Å². The van der Waals surface area contributed by atoms with Crippen molar-refractivity contribution in [2.45, 2.75) is 19.7 Å². The molecule has 1 heterocycles. The van der Waals surface area contributed by atoms with Crippen molar-refractivity contribution < 1.29 is 18.3 Å². The second kappa shape index (κ2) is 6.76. The van der Waals surface area contributed by atoms with Gasteiger partial charge in [-0.15, -0.1) is 0 Å². The average molecular weight is 359 g/mol. The summed E-state index contributed by atoms with van der Waals surface area (Å²) in [6.45, 7) is 1.63. The van der Waals surface area contributed by atoms with Crippen LogP contribution < -0.4 is 5.73 Å². The van der Waals surface area contributed by atoms with E-state index < -0.39 is 11.7 Å². The highest BCUT2D eigenvalue weighted by atomic mass is 19.4. The number of nitrogens with zero attached hydrogens (tertiary/aromatic N) is 2. The molecule has 0 bridgehead atoms. The van der Waals surface area contributed by atoms with E-state index in [0.717, 1.165) is 23.3 Å². The Hall–Kier alpha value is -2.93. The number of aryl methyl sites for hydroxylation is 1. The van der Waals surface area contributed by atoms with Crippen molar-refractivity contribution in [3.63, 3.8) is 0 Å². The third kappa shape index (κ3) is 3.52. The van der Waals surface area contributed by atoms with Crippen molar-refractivity contribution in [1.82, 2.24) is 9.97 Å². The van der Waals surface area contributed by atoms with Crippen LogP contribution in [0.3, 0.4) is 0 Å². The average Bonchev–Trinajstić information content (AvgIpc) is 2.61. The highest BCUT2D eigenvalue weighted by Crippen LogP contribution is 2.36. The van der Waals surface area contributed by atoms with Crippen LogP contribution in [0.1, 0.15) is 16.8 Å². The minimum Gasteiger partial charge on any atom is -0.392 e. The molecule has 0 spiro atoms. The lowest BCUT2D eigenvalue weighted by atomic mass is 9.96. The standard InChI is InChI=1S/C19H16F3N3O/c1-11-16(13-7-5-12(10-26)6-8-13)17(25-18(23)24-11)14-3-2-4-15(9-14)19(20,21)22/h2-9,26H,10H2,1H3,(H2,23,24,25). The number of hydrogen-bond donors (Lipinski definition) is 2. The first-order valence-corrected chi connectivity index (χ1v) is 7.81. The molecule has 134 valence electrons. The van der Waals surface area contributed by atoms with Gasteiger partial charge in [-0.25, -0.2) is 9.97 Å². The molecule has 0 saturated heterocycles. The summed E-state index contributed by atoms with van der Waals surface area (Å²) in [6.07, 6.45) is -4.45. The quantitative estimate of drug-likeness (QED) is 0.735. The number of aliphatic hydroxyl groups excluding tert-OH is 1. The summed E-state index contributed by atoms with van der Waals surface area (Å²) < 4.78 is 39.2. The van der Waals surface area contributed by atoms with Crippen LogP contribution in [-0.4, -0.2) is 15.1 Å². The Morgan fingerprint density at radius 1 is 1.00 bits per heavy atom. The van der Waals surface area contributed by atoms with Gasteiger partial charge in [-0.1, -0.05) is 36.4 Å². The number of alkyl halides is 3. The van der Waals surface area contributed by atoms with Gasteiger partial charge in [0.2, 0.25) is 5.95 Å². The Kier molecular flexibility index (Phi) is 4.65. The number of anilines is 1. The van der Waals surface area contributed by atoms with E-state index in [1.54, 1.807) is 37.3 Å². The van der Waals surface area contributed by atoms with Gasteiger partial charge in [-0.3, -0.25) is 0 Å². The number of aliphatic hydroxyl groups is 1. The minimum absolute atomic E-state index is 0.00867. The van der Waals surface area contributed by atoms with E-state index in [0.29, 0.717) is 22.5 Å². The molecule has 0 unspecified atom stereocenters. The maximum Gasteiger partial charge on any atom is 0.416 e. The summed E-state index contributed by atoms with van der Waals surface area (Å²) in [6, 6.07) is 12.0. The van der Waals surface area contributed by atoms with Crippen LogP contribution in [0.2, 0.25) is 0 Å². The van der Waals surface area contributed by atoms with Crippen molar-refractivity contribution >= 4 is 5.95 Å². The lowest BCUT2D eigenvalue weighted by Gasteiger charge is -2.14. The van der Waals surface area contributed by atoms with E-state index in [-0.39, 0.29) is 12.6 Å². The third-order valence-corrected chi connectivity index (χ3v) is 4.00. The SMILES string of the molecule is Cc1nc(N)nc(-c2cccc(C(F)(F)F)c2)c1-c1ccc(CO)cc1. The second-order valence-corrected chi connectivity index (χ2v) is 5.82. The maximum atomic E-state index is 13.1. The van der Waals surface area contributed by atoms with Crippen LogP contribution in [0.25, 0.3) is 22.4 Å². The van der Waals surface area contributed by atoms with Crippen LogP contribution in [0.4, 0.5) is 19.1 Å². The molecule has 1 aromatic heterocycles. The molecule has 2 aromatic carbocycles. The molecular weight excluding hydrogens is 343 g/mol. The summed E-state index contributed by atoms with van der Waals surface area (Å²) in [7, 11) is 0. The van der Waals surface area contributed by atoms with Crippen LogP contribution in [0.15, 0.2) is 48.5 Å². The molecule has 3 aromatic rings. The summed E-state index contributed by atoms with van der Waals surface area (Å²) >= 11 is 0. The fourth-order valence-electron chi connectivity index (χ4n) is 2.77. The topological polar surface area (TPSA) is 72.0 Å². The Morgan fingerprint density at radius 3 is 2.31 bits per heavy atom. The fourth-order valence-corrected chi connectivity index (χ4v) is 2.77. The molecule has 26 heavy (non-hydrogen) atoms. The van der Waals surface area contributed by atoms with Gasteiger partial charge in [-0.2, -0.15) is 13.2 Å². The van der Waals surface area contributed by atoms with Crippen LogP contribution in [0.5, 0.6) is 0 Å². The van der Waals surface area contributed by atoms with Gasteiger partial charge in [0.1, 0.15) is 0 Å². The Labute approximate surface area is 148 Å². The van der Waals surface area contributed by atoms with E-state index in [1.807, 2.05) is 0 Å². The van der Waals surface area contributed by atoms with Crippen molar-refractivity contribution in [3.05, 3.63) is 65.4 Å². The number of hydrogen-bond acceptors (Lipinski definition) is 4. The molecule has 0 aliphatic heterocycles. The van der Waals surface area contributed by atoms with E-state index in [1.165, 1.54) is 6.07 Å². The number of rotatable bonds is 3. The van der Waals surface area contributed by atoms with E-state index in [9.17, 15) is 18.3 Å². The largest absolute Gasteiger partial charge is 0.416 e. The molecule has 3 rings (SSSR count). The number of halogens is 3. The second-order valence-electron chi connectivity index (χ2n) is 5.82. The zero-order chi connectivity index (χ0) is 18.9. The molecule has 0 fully saturated rings. The first kappa shape index (κ1) is 17.9. The lowest BCUT2D eigenvalue weighted by Crippen LogP contribution is -2.06. The molecule has 0 radical (unpaired) electrons. The van der Waals surface area contributed by atoms with Crippen molar-refractivity contribution in [2.75, 3.05) is 5.73 Å². The zero-order valence-corrected chi connectivity index (χ0v) is 13.9. The molecule has 0 atom stereocenters. The van der Waals surface area contributed by atoms with Gasteiger partial charge in [-0.05, 0) is 30.2 Å². The van der Waals surface area contributed by atoms with E-state index in [4.69, 9.17) is 5.73 Å². The van der Waals surface area contributed by atoms with Crippen molar-refractivity contribution in [3.8, 4) is 22.4 Å². The maximum absolute atomic E-state index is 13.1. The predicted molar refractivity (Wildman–Crippen MR) is 93.0 cm³/mol. The van der Waals surface area contributed by atoms with Crippen molar-refractivity contribution in [1.29, 1.82) is 0 Å². The number of nitrogen functional groups attached to an aromatic ring is 1. The Balaban J connectivity index is 2.21. The Morgan fingerprint density at radius 2 is 1.69 bits per heavy atom. The summed E-state index contributed by atoms with van der Waals surface area (Å²) in [5.74, 6) is -0.00867. The molecule has 0 aliphatic rings. The first-order valence-electron chi connectivity index (χ1n) is 7.81. The molecule has 0 amide bonds. The zero-order valence-electron chi connectivity index (χ0n) is 13.9. The molecular formula is C19H16F3N3O. The lowest BCUT2D eigenvalue weighted by molar-refractivity contribution is -0.137. The van der Waals surface area contributed by atoms with Gasteiger partial charge >= 0.3 is 6.18 Å². The Bertz CT molecular complexity index is 938. The summed E-state index contributed by atoms with van der Waals surface area (Å²) in [5, 5.41) is 9.18. The highest BCUT2D eigenvalue weighted by molar-refractivity contribution is 5.83. The summed E-state index contributed by atoms with van der Waals surface area (Å²) in [5.41, 5.74) is 8.22. The van der Waals surface area contributed by atoms with Gasteiger partial charge in [0.25, 0.3) is 0 Å². The molecule has 0 aliphatic carbocycles. The molecule has 4 nitrogen and oxygen atoms in total. The molecule has 3 N–H and O–H groups in total. The smallest absolute Gasteiger partial charge is 0.392 e. The minimum atomic E-state index is -4.45. The third-order valence-electron chi connectivity index (χ3n) is 4.00. The number of aromatic nitrogens is 2. The monoisotopic (exact) mass is 359 g/mol. The van der Waals surface area contributed by atoms with Gasteiger partial charge in [0.05, 0.1) is 23.6 Å². The first-order chi connectivity index (χ1) is 12.3.